The minimum Gasteiger partial charge on any atom is -0.381 e. The first-order chi connectivity index (χ1) is 12.5. The fourth-order valence-electron chi connectivity index (χ4n) is 3.34. The smallest absolute Gasteiger partial charge is 0.166 e. The van der Waals surface area contributed by atoms with E-state index in [-0.39, 0.29) is 11.6 Å². The summed E-state index contributed by atoms with van der Waals surface area (Å²) in [5.74, 6) is 1.16. The summed E-state index contributed by atoms with van der Waals surface area (Å²) in [5, 5.41) is 0. The molecule has 6 nitrogen and oxygen atoms in total. The minimum absolute atomic E-state index is 0.282. The number of benzene rings is 1. The lowest BCUT2D eigenvalue weighted by atomic mass is 9.99. The number of piperazine rings is 1. The first-order valence-corrected chi connectivity index (χ1v) is 10.7. The van der Waals surface area contributed by atoms with E-state index in [0.29, 0.717) is 9.93 Å². The number of alkyl halides is 2. The van der Waals surface area contributed by atoms with E-state index in [9.17, 15) is 0 Å². The highest BCUT2D eigenvalue weighted by Gasteiger charge is 2.20. The molecule has 1 aromatic heterocycles. The summed E-state index contributed by atoms with van der Waals surface area (Å²) in [7, 11) is 2.19. The number of aryl methyl sites for hydroxylation is 2. The highest BCUT2D eigenvalue weighted by molar-refractivity contribution is 14.1. The molecular weight excluding hydrogens is 463 g/mol. The second-order valence-electron chi connectivity index (χ2n) is 6.86. The Hall–Kier alpha value is -0.900. The molecule has 4 N–H and O–H groups in total. The Morgan fingerprint density at radius 1 is 1.04 bits per heavy atom. The van der Waals surface area contributed by atoms with Gasteiger partial charge < -0.3 is 16.4 Å². The van der Waals surface area contributed by atoms with Crippen molar-refractivity contribution in [3.05, 3.63) is 23.3 Å². The van der Waals surface area contributed by atoms with Crippen LogP contribution in [0, 0.1) is 0 Å². The van der Waals surface area contributed by atoms with E-state index in [4.69, 9.17) is 23.1 Å². The van der Waals surface area contributed by atoms with Crippen molar-refractivity contribution < 1.29 is 0 Å². The number of anilines is 2. The first-order valence-electron chi connectivity index (χ1n) is 8.95. The fourth-order valence-corrected chi connectivity index (χ4v) is 4.42. The van der Waals surface area contributed by atoms with Crippen molar-refractivity contribution in [1.29, 1.82) is 0 Å². The molecule has 1 aliphatic heterocycles. The van der Waals surface area contributed by atoms with Crippen molar-refractivity contribution in [2.45, 2.75) is 23.3 Å². The van der Waals surface area contributed by atoms with Gasteiger partial charge >= 0.3 is 0 Å². The van der Waals surface area contributed by atoms with E-state index in [0.717, 1.165) is 56.5 Å². The zero-order valence-corrected chi connectivity index (χ0v) is 18.0. The number of nitrogen functional groups attached to an aromatic ring is 2. The molecular formula is C18H26ClIN6. The molecule has 1 saturated heterocycles. The summed E-state index contributed by atoms with van der Waals surface area (Å²) < 4.78 is 0.531. The highest BCUT2D eigenvalue weighted by atomic mass is 127. The molecule has 1 fully saturated rings. The van der Waals surface area contributed by atoms with E-state index >= 15 is 0 Å². The zero-order valence-electron chi connectivity index (χ0n) is 15.1. The molecule has 0 spiro atoms. The summed E-state index contributed by atoms with van der Waals surface area (Å²) in [6.45, 7) is 4.56. The average molecular weight is 489 g/mol. The standard InChI is InChI=1S/C18H26ClIN6/c1-25-6-8-26(9-7-25)16(20)3-2-12-10-14-15(11-13(12)4-5-19)24-18(22)17(21)23-14/h10-11,16H,2-9H2,1H3,(H2,21,23)(H2,22,24). The number of aromatic nitrogens is 2. The molecule has 2 aromatic rings. The second kappa shape index (κ2) is 8.86. The monoisotopic (exact) mass is 488 g/mol. The van der Waals surface area contributed by atoms with E-state index in [1.807, 2.05) is 0 Å². The lowest BCUT2D eigenvalue weighted by Crippen LogP contribution is -2.47. The van der Waals surface area contributed by atoms with E-state index in [1.54, 1.807) is 0 Å². The van der Waals surface area contributed by atoms with Crippen molar-refractivity contribution in [3.8, 4) is 0 Å². The summed E-state index contributed by atoms with van der Waals surface area (Å²) >= 11 is 8.59. The van der Waals surface area contributed by atoms with Gasteiger partial charge in [-0.25, -0.2) is 9.97 Å². The Labute approximate surface area is 173 Å². The topological polar surface area (TPSA) is 84.3 Å². The number of nitrogens with zero attached hydrogens (tertiary/aromatic N) is 4. The van der Waals surface area contributed by atoms with Crippen molar-refractivity contribution in [2.24, 2.45) is 0 Å². The van der Waals surface area contributed by atoms with Gasteiger partial charge in [-0.05, 0) is 49.6 Å². The molecule has 1 aromatic carbocycles. The van der Waals surface area contributed by atoms with Gasteiger partial charge in [-0.15, -0.1) is 11.6 Å². The van der Waals surface area contributed by atoms with Gasteiger partial charge in [0.15, 0.2) is 11.6 Å². The van der Waals surface area contributed by atoms with Crippen molar-refractivity contribution in [3.63, 3.8) is 0 Å². The van der Waals surface area contributed by atoms with Crippen LogP contribution in [0.5, 0.6) is 0 Å². The van der Waals surface area contributed by atoms with Gasteiger partial charge in [-0.2, -0.15) is 0 Å². The van der Waals surface area contributed by atoms with Crippen LogP contribution in [0.3, 0.4) is 0 Å². The number of rotatable bonds is 6. The second-order valence-corrected chi connectivity index (χ2v) is 8.67. The quantitative estimate of drug-likeness (QED) is 0.369. The number of hydrogen-bond acceptors (Lipinski definition) is 6. The average Bonchev–Trinajstić information content (AvgIpc) is 2.62. The third-order valence-electron chi connectivity index (χ3n) is 4.99. The van der Waals surface area contributed by atoms with Crippen LogP contribution in [0.25, 0.3) is 11.0 Å². The van der Waals surface area contributed by atoms with Gasteiger partial charge in [0.25, 0.3) is 0 Å². The van der Waals surface area contributed by atoms with Crippen molar-refractivity contribution >= 4 is 56.9 Å². The van der Waals surface area contributed by atoms with Gasteiger partial charge in [-0.3, -0.25) is 4.90 Å². The Morgan fingerprint density at radius 3 is 2.12 bits per heavy atom. The van der Waals surface area contributed by atoms with Crippen LogP contribution in [-0.2, 0) is 12.8 Å². The zero-order chi connectivity index (χ0) is 18.7. The molecule has 142 valence electrons. The van der Waals surface area contributed by atoms with Crippen LogP contribution in [0.2, 0.25) is 0 Å². The van der Waals surface area contributed by atoms with Gasteiger partial charge in [-0.1, -0.05) is 22.6 Å². The predicted molar refractivity (Wildman–Crippen MR) is 118 cm³/mol. The first kappa shape index (κ1) is 19.9. The molecule has 8 heteroatoms. The van der Waals surface area contributed by atoms with Crippen LogP contribution in [0.4, 0.5) is 11.6 Å². The Morgan fingerprint density at radius 2 is 1.58 bits per heavy atom. The Bertz CT molecular complexity index is 763. The van der Waals surface area contributed by atoms with Gasteiger partial charge in [0.2, 0.25) is 0 Å². The highest BCUT2D eigenvalue weighted by Crippen LogP contribution is 2.25. The van der Waals surface area contributed by atoms with Crippen LogP contribution in [0.1, 0.15) is 17.5 Å². The lowest BCUT2D eigenvalue weighted by molar-refractivity contribution is 0.146. The van der Waals surface area contributed by atoms with Crippen LogP contribution in [-0.4, -0.2) is 62.9 Å². The number of likely N-dealkylation sites (N-methyl/N-ethyl adjacent to an activating group) is 1. The lowest BCUT2D eigenvalue weighted by Gasteiger charge is -2.35. The molecule has 0 radical (unpaired) electrons. The number of hydrogen-bond donors (Lipinski definition) is 2. The van der Waals surface area contributed by atoms with Crippen molar-refractivity contribution in [2.75, 3.05) is 50.6 Å². The van der Waals surface area contributed by atoms with E-state index < -0.39 is 0 Å². The van der Waals surface area contributed by atoms with E-state index in [1.165, 1.54) is 11.1 Å². The molecule has 2 heterocycles. The molecule has 1 aliphatic rings. The maximum atomic E-state index is 6.02. The SMILES string of the molecule is CN1CCN(C(I)CCc2cc3nc(N)c(N)nc3cc2CCCl)CC1. The Kier molecular flexibility index (Phi) is 6.76. The summed E-state index contributed by atoms with van der Waals surface area (Å²) in [6, 6.07) is 4.17. The van der Waals surface area contributed by atoms with Crippen LogP contribution >= 0.6 is 34.2 Å². The van der Waals surface area contributed by atoms with Crippen molar-refractivity contribution in [1.82, 2.24) is 19.8 Å². The molecule has 0 saturated carbocycles. The van der Waals surface area contributed by atoms with Crippen LogP contribution in [0.15, 0.2) is 12.1 Å². The Balaban J connectivity index is 1.77. The molecule has 26 heavy (non-hydrogen) atoms. The summed E-state index contributed by atoms with van der Waals surface area (Å²) in [4.78, 5) is 13.7. The normalized spacial score (nSPS) is 17.7. The molecule has 1 unspecified atom stereocenters. The summed E-state index contributed by atoms with van der Waals surface area (Å²) in [6.07, 6.45) is 2.91. The molecule has 1 atom stereocenters. The summed E-state index contributed by atoms with van der Waals surface area (Å²) in [5.41, 5.74) is 15.7. The minimum atomic E-state index is 0.282. The molecule has 3 rings (SSSR count). The van der Waals surface area contributed by atoms with Gasteiger partial charge in [0.1, 0.15) is 0 Å². The maximum absolute atomic E-state index is 6.02. The predicted octanol–water partition coefficient (Wildman–Crippen LogP) is 2.52. The maximum Gasteiger partial charge on any atom is 0.166 e. The third-order valence-corrected chi connectivity index (χ3v) is 6.59. The van der Waals surface area contributed by atoms with Gasteiger partial charge in [0, 0.05) is 32.1 Å². The van der Waals surface area contributed by atoms with Crippen LogP contribution < -0.4 is 11.5 Å². The van der Waals surface area contributed by atoms with Gasteiger partial charge in [0.05, 0.1) is 15.1 Å². The molecule has 0 aliphatic carbocycles. The number of halogens is 2. The third kappa shape index (κ3) is 4.68. The molecule has 0 bridgehead atoms. The number of nitrogens with two attached hydrogens (primary N) is 2. The fraction of sp³-hybridized carbons (Fsp3) is 0.556. The number of fused-ring (bicyclic) bond motifs is 1. The molecule has 0 amide bonds. The largest absolute Gasteiger partial charge is 0.381 e. The van der Waals surface area contributed by atoms with E-state index in [2.05, 4.69) is 61.5 Å².